The minimum absolute atomic E-state index is 0.432. The van der Waals surface area contributed by atoms with Crippen LogP contribution < -0.4 is 5.32 Å². The van der Waals surface area contributed by atoms with Gasteiger partial charge in [0.1, 0.15) is 0 Å². The van der Waals surface area contributed by atoms with Crippen molar-refractivity contribution < 1.29 is 9.63 Å². The average Bonchev–Trinajstić information content (AvgIpc) is 2.44. The van der Waals surface area contributed by atoms with Crippen molar-refractivity contribution in [1.29, 1.82) is 0 Å². The third-order valence-electron chi connectivity index (χ3n) is 2.32. The van der Waals surface area contributed by atoms with Crippen LogP contribution in [0.1, 0.15) is 5.56 Å². The zero-order valence-electron chi connectivity index (χ0n) is 10.2. The van der Waals surface area contributed by atoms with Crippen molar-refractivity contribution in [2.24, 2.45) is 5.16 Å². The first-order valence-corrected chi connectivity index (χ1v) is 6.84. The van der Waals surface area contributed by atoms with Crippen molar-refractivity contribution >= 4 is 45.5 Å². The molecule has 0 aliphatic carbocycles. The van der Waals surface area contributed by atoms with E-state index in [1.165, 1.54) is 6.21 Å². The number of nitrogens with zero attached hydrogens (tertiary/aromatic N) is 1. The first-order chi connectivity index (χ1) is 9.65. The lowest BCUT2D eigenvalue weighted by Gasteiger charge is -2.03. The molecule has 102 valence electrons. The van der Waals surface area contributed by atoms with Crippen molar-refractivity contribution in [2.75, 3.05) is 5.32 Å². The molecule has 2 aromatic carbocycles. The van der Waals surface area contributed by atoms with Crippen LogP contribution in [0.5, 0.6) is 0 Å². The molecule has 6 heteroatoms. The second-order valence-corrected chi connectivity index (χ2v) is 5.09. The normalized spacial score (nSPS) is 10.5. The van der Waals surface area contributed by atoms with Crippen molar-refractivity contribution in [3.8, 4) is 0 Å². The summed E-state index contributed by atoms with van der Waals surface area (Å²) in [6.45, 7) is 0. The molecule has 4 nitrogen and oxygen atoms in total. The van der Waals surface area contributed by atoms with Gasteiger partial charge >= 0.3 is 6.09 Å². The van der Waals surface area contributed by atoms with E-state index in [0.717, 1.165) is 10.0 Å². The van der Waals surface area contributed by atoms with E-state index in [4.69, 9.17) is 11.6 Å². The predicted molar refractivity (Wildman–Crippen MR) is 83.3 cm³/mol. The molecule has 0 spiro atoms. The fourth-order valence-corrected chi connectivity index (χ4v) is 1.83. The molecule has 0 aromatic heterocycles. The number of halogens is 2. The van der Waals surface area contributed by atoms with Crippen LogP contribution in [-0.4, -0.2) is 12.3 Å². The van der Waals surface area contributed by atoms with Crippen LogP contribution >= 0.6 is 27.5 Å². The molecule has 1 N–H and O–H groups in total. The number of oxime groups is 1. The molecule has 0 saturated carbocycles. The Morgan fingerprint density at radius 1 is 1.20 bits per heavy atom. The molecule has 0 aliphatic heterocycles. The number of carbonyl (C=O) groups is 1. The molecule has 2 aromatic rings. The summed E-state index contributed by atoms with van der Waals surface area (Å²) >= 11 is 9.23. The molecule has 0 saturated heterocycles. The molecule has 2 rings (SSSR count). The molecule has 0 bridgehead atoms. The standard InChI is InChI=1S/C14H10BrClN2O2/c15-11-7-5-10(6-8-11)9-17-20-14(19)18-13-4-2-1-3-12(13)16/h1-9H,(H,18,19)/b17-9-. The second-order valence-electron chi connectivity index (χ2n) is 3.77. The monoisotopic (exact) mass is 352 g/mol. The first-order valence-electron chi connectivity index (χ1n) is 5.66. The predicted octanol–water partition coefficient (Wildman–Crippen LogP) is 4.69. The molecule has 0 unspecified atom stereocenters. The van der Waals surface area contributed by atoms with E-state index in [-0.39, 0.29) is 0 Å². The van der Waals surface area contributed by atoms with Gasteiger partial charge in [0.25, 0.3) is 0 Å². The molecule has 0 radical (unpaired) electrons. The maximum absolute atomic E-state index is 11.5. The highest BCUT2D eigenvalue weighted by atomic mass is 79.9. The van der Waals surface area contributed by atoms with E-state index in [1.807, 2.05) is 24.3 Å². The average molecular weight is 354 g/mol. The lowest BCUT2D eigenvalue weighted by Crippen LogP contribution is -2.11. The van der Waals surface area contributed by atoms with E-state index in [0.29, 0.717) is 10.7 Å². The number of hydrogen-bond acceptors (Lipinski definition) is 3. The highest BCUT2D eigenvalue weighted by Gasteiger charge is 2.05. The Balaban J connectivity index is 1.89. The van der Waals surface area contributed by atoms with Gasteiger partial charge in [0, 0.05) is 4.47 Å². The van der Waals surface area contributed by atoms with Crippen molar-refractivity contribution in [1.82, 2.24) is 0 Å². The van der Waals surface area contributed by atoms with Gasteiger partial charge in [-0.15, -0.1) is 0 Å². The van der Waals surface area contributed by atoms with E-state index >= 15 is 0 Å². The smallest absolute Gasteiger partial charge is 0.298 e. The van der Waals surface area contributed by atoms with Gasteiger partial charge in [-0.05, 0) is 29.8 Å². The lowest BCUT2D eigenvalue weighted by molar-refractivity contribution is 0.167. The van der Waals surface area contributed by atoms with Crippen LogP contribution in [0, 0.1) is 0 Å². The molecule has 0 heterocycles. The van der Waals surface area contributed by atoms with Crippen LogP contribution in [-0.2, 0) is 4.84 Å². The Kier molecular flexibility index (Phi) is 5.15. The summed E-state index contributed by atoms with van der Waals surface area (Å²) in [5.74, 6) is 0. The number of rotatable bonds is 3. The highest BCUT2D eigenvalue weighted by Crippen LogP contribution is 2.20. The summed E-state index contributed by atoms with van der Waals surface area (Å²) in [7, 11) is 0. The van der Waals surface area contributed by atoms with Gasteiger partial charge in [-0.25, -0.2) is 4.79 Å². The van der Waals surface area contributed by atoms with Gasteiger partial charge in [0.05, 0.1) is 16.9 Å². The number of benzene rings is 2. The Morgan fingerprint density at radius 3 is 2.60 bits per heavy atom. The molecule has 20 heavy (non-hydrogen) atoms. The zero-order chi connectivity index (χ0) is 14.4. The Hall–Kier alpha value is -1.85. The van der Waals surface area contributed by atoms with E-state index in [1.54, 1.807) is 24.3 Å². The molecular formula is C14H10BrClN2O2. The molecular weight excluding hydrogens is 344 g/mol. The van der Waals surface area contributed by atoms with Gasteiger partial charge in [0.15, 0.2) is 0 Å². The van der Waals surface area contributed by atoms with Crippen LogP contribution in [0.4, 0.5) is 10.5 Å². The topological polar surface area (TPSA) is 50.7 Å². The quantitative estimate of drug-likeness (QED) is 0.494. The van der Waals surface area contributed by atoms with Crippen molar-refractivity contribution in [2.45, 2.75) is 0 Å². The Bertz CT molecular complexity index is 629. The van der Waals surface area contributed by atoms with Gasteiger partial charge < -0.3 is 0 Å². The van der Waals surface area contributed by atoms with Crippen LogP contribution in [0.15, 0.2) is 58.2 Å². The Labute approximate surface area is 129 Å². The first kappa shape index (κ1) is 14.6. The van der Waals surface area contributed by atoms with Gasteiger partial charge in [-0.2, -0.15) is 0 Å². The minimum Gasteiger partial charge on any atom is -0.298 e. The molecule has 0 atom stereocenters. The second kappa shape index (κ2) is 7.07. The van der Waals surface area contributed by atoms with Gasteiger partial charge in [-0.1, -0.05) is 57.0 Å². The van der Waals surface area contributed by atoms with Gasteiger partial charge in [0.2, 0.25) is 0 Å². The Morgan fingerprint density at radius 2 is 1.90 bits per heavy atom. The fraction of sp³-hybridized carbons (Fsp3) is 0. The number of carbonyl (C=O) groups excluding carboxylic acids is 1. The van der Waals surface area contributed by atoms with Crippen LogP contribution in [0.2, 0.25) is 5.02 Å². The zero-order valence-corrected chi connectivity index (χ0v) is 12.6. The summed E-state index contributed by atoms with van der Waals surface area (Å²) in [5, 5.41) is 6.52. The maximum Gasteiger partial charge on any atom is 0.437 e. The summed E-state index contributed by atoms with van der Waals surface area (Å²) in [6.07, 6.45) is 0.741. The van der Waals surface area contributed by atoms with E-state index in [2.05, 4.69) is 31.2 Å². The van der Waals surface area contributed by atoms with E-state index < -0.39 is 6.09 Å². The third kappa shape index (κ3) is 4.36. The maximum atomic E-state index is 11.5. The number of nitrogens with one attached hydrogen (secondary N) is 1. The number of amides is 1. The summed E-state index contributed by atoms with van der Waals surface area (Å²) < 4.78 is 0.965. The van der Waals surface area contributed by atoms with Crippen molar-refractivity contribution in [3.63, 3.8) is 0 Å². The summed E-state index contributed by atoms with van der Waals surface area (Å²) in [5.41, 5.74) is 1.29. The summed E-state index contributed by atoms with van der Waals surface area (Å²) in [4.78, 5) is 16.2. The fourth-order valence-electron chi connectivity index (χ4n) is 1.38. The van der Waals surface area contributed by atoms with Crippen LogP contribution in [0.3, 0.4) is 0 Å². The van der Waals surface area contributed by atoms with E-state index in [9.17, 15) is 4.79 Å². The molecule has 0 aliphatic rings. The number of anilines is 1. The third-order valence-corrected chi connectivity index (χ3v) is 3.18. The largest absolute Gasteiger partial charge is 0.437 e. The molecule has 0 fully saturated rings. The minimum atomic E-state index is -0.702. The highest BCUT2D eigenvalue weighted by molar-refractivity contribution is 9.10. The number of hydrogen-bond donors (Lipinski definition) is 1. The molecule has 1 amide bonds. The SMILES string of the molecule is O=C(Nc1ccccc1Cl)O/N=C\c1ccc(Br)cc1. The van der Waals surface area contributed by atoms with Crippen molar-refractivity contribution in [3.05, 3.63) is 63.6 Å². The van der Waals surface area contributed by atoms with Gasteiger partial charge in [-0.3, -0.25) is 10.2 Å². The summed E-state index contributed by atoms with van der Waals surface area (Å²) in [6, 6.07) is 14.3. The lowest BCUT2D eigenvalue weighted by atomic mass is 10.2. The number of para-hydroxylation sites is 1. The van der Waals surface area contributed by atoms with Crippen LogP contribution in [0.25, 0.3) is 0 Å².